The Morgan fingerprint density at radius 3 is 2.65 bits per heavy atom. The first-order valence-electron chi connectivity index (χ1n) is 6.35. The second-order valence-electron chi connectivity index (χ2n) is 4.76. The standard InChI is InChI=1S/C17H13N3/c1-11-6-7-13(9-15(11)19)17-14(10-18)8-12-4-2-3-5-16(12)20-17/h2-9H,19H2,1H3. The van der Waals surface area contributed by atoms with Crippen LogP contribution in [0.5, 0.6) is 0 Å². The van der Waals surface area contributed by atoms with Crippen molar-refractivity contribution in [3.05, 3.63) is 59.7 Å². The number of benzene rings is 2. The number of aromatic nitrogens is 1. The fraction of sp³-hybridized carbons (Fsp3) is 0.0588. The van der Waals surface area contributed by atoms with Gasteiger partial charge in [0.05, 0.1) is 16.8 Å². The fourth-order valence-electron chi connectivity index (χ4n) is 2.21. The van der Waals surface area contributed by atoms with E-state index in [1.807, 2.05) is 55.5 Å². The van der Waals surface area contributed by atoms with E-state index >= 15 is 0 Å². The highest BCUT2D eigenvalue weighted by atomic mass is 14.7. The first-order chi connectivity index (χ1) is 9.69. The van der Waals surface area contributed by atoms with Crippen molar-refractivity contribution in [2.45, 2.75) is 6.92 Å². The van der Waals surface area contributed by atoms with Gasteiger partial charge in [-0.25, -0.2) is 4.98 Å². The Bertz CT molecular complexity index is 844. The minimum atomic E-state index is 0.562. The zero-order chi connectivity index (χ0) is 14.1. The van der Waals surface area contributed by atoms with Crippen molar-refractivity contribution >= 4 is 16.6 Å². The molecule has 0 fully saturated rings. The lowest BCUT2D eigenvalue weighted by molar-refractivity contribution is 1.35. The molecule has 96 valence electrons. The van der Waals surface area contributed by atoms with Crippen LogP contribution in [-0.2, 0) is 0 Å². The summed E-state index contributed by atoms with van der Waals surface area (Å²) in [5, 5.41) is 10.3. The molecule has 0 aliphatic rings. The summed E-state index contributed by atoms with van der Waals surface area (Å²) in [6.07, 6.45) is 0. The molecule has 0 unspecified atom stereocenters. The van der Waals surface area contributed by atoms with Crippen LogP contribution in [0.3, 0.4) is 0 Å². The molecule has 20 heavy (non-hydrogen) atoms. The minimum Gasteiger partial charge on any atom is -0.398 e. The summed E-state index contributed by atoms with van der Waals surface area (Å²) in [6.45, 7) is 1.96. The van der Waals surface area contributed by atoms with Gasteiger partial charge in [0, 0.05) is 16.6 Å². The first kappa shape index (κ1) is 12.2. The summed E-state index contributed by atoms with van der Waals surface area (Å²) >= 11 is 0. The van der Waals surface area contributed by atoms with Crippen LogP contribution in [0.4, 0.5) is 5.69 Å². The number of pyridine rings is 1. The molecule has 0 aliphatic heterocycles. The molecule has 0 saturated carbocycles. The van der Waals surface area contributed by atoms with Gasteiger partial charge in [0.25, 0.3) is 0 Å². The van der Waals surface area contributed by atoms with Gasteiger partial charge in [-0.2, -0.15) is 5.26 Å². The highest BCUT2D eigenvalue weighted by Crippen LogP contribution is 2.27. The van der Waals surface area contributed by atoms with E-state index in [0.29, 0.717) is 16.9 Å². The molecule has 1 heterocycles. The lowest BCUT2D eigenvalue weighted by atomic mass is 10.0. The van der Waals surface area contributed by atoms with Crippen LogP contribution in [0.25, 0.3) is 22.2 Å². The third kappa shape index (κ3) is 1.98. The number of anilines is 1. The molecule has 3 heteroatoms. The van der Waals surface area contributed by atoms with Crippen molar-refractivity contribution in [2.75, 3.05) is 5.73 Å². The van der Waals surface area contributed by atoms with Crippen molar-refractivity contribution in [3.8, 4) is 17.3 Å². The largest absolute Gasteiger partial charge is 0.398 e. The number of aryl methyl sites for hydroxylation is 1. The van der Waals surface area contributed by atoms with E-state index in [9.17, 15) is 5.26 Å². The van der Waals surface area contributed by atoms with E-state index in [2.05, 4.69) is 11.1 Å². The SMILES string of the molecule is Cc1ccc(-c2nc3ccccc3cc2C#N)cc1N. The first-order valence-corrected chi connectivity index (χ1v) is 6.35. The Morgan fingerprint density at radius 1 is 1.10 bits per heavy atom. The number of hydrogen-bond acceptors (Lipinski definition) is 3. The van der Waals surface area contributed by atoms with Crippen molar-refractivity contribution < 1.29 is 0 Å². The smallest absolute Gasteiger partial charge is 0.101 e. The predicted octanol–water partition coefficient (Wildman–Crippen LogP) is 3.66. The second kappa shape index (κ2) is 4.67. The van der Waals surface area contributed by atoms with Crippen LogP contribution in [-0.4, -0.2) is 4.98 Å². The molecule has 3 nitrogen and oxygen atoms in total. The normalized spacial score (nSPS) is 10.4. The van der Waals surface area contributed by atoms with Gasteiger partial charge < -0.3 is 5.73 Å². The fourth-order valence-corrected chi connectivity index (χ4v) is 2.21. The van der Waals surface area contributed by atoms with Crippen molar-refractivity contribution in [1.29, 1.82) is 5.26 Å². The summed E-state index contributed by atoms with van der Waals surface area (Å²) in [5.41, 5.74) is 10.7. The number of para-hydroxylation sites is 1. The number of nitrogen functional groups attached to an aromatic ring is 1. The Balaban J connectivity index is 2.29. The van der Waals surface area contributed by atoms with Crippen molar-refractivity contribution in [1.82, 2.24) is 4.98 Å². The highest BCUT2D eigenvalue weighted by Gasteiger charge is 2.09. The van der Waals surface area contributed by atoms with Gasteiger partial charge in [-0.15, -0.1) is 0 Å². The zero-order valence-corrected chi connectivity index (χ0v) is 11.1. The number of rotatable bonds is 1. The minimum absolute atomic E-state index is 0.562. The molecule has 0 atom stereocenters. The van der Waals surface area contributed by atoms with Gasteiger partial charge >= 0.3 is 0 Å². The number of nitrogens with zero attached hydrogens (tertiary/aromatic N) is 2. The van der Waals surface area contributed by atoms with Gasteiger partial charge in [-0.05, 0) is 30.7 Å². The monoisotopic (exact) mass is 259 g/mol. The van der Waals surface area contributed by atoms with Crippen LogP contribution in [0.1, 0.15) is 11.1 Å². The van der Waals surface area contributed by atoms with E-state index in [1.54, 1.807) is 0 Å². The summed E-state index contributed by atoms with van der Waals surface area (Å²) in [5.74, 6) is 0. The van der Waals surface area contributed by atoms with E-state index in [-0.39, 0.29) is 0 Å². The number of nitriles is 1. The molecule has 2 N–H and O–H groups in total. The molecule has 0 saturated heterocycles. The summed E-state index contributed by atoms with van der Waals surface area (Å²) in [4.78, 5) is 4.61. The van der Waals surface area contributed by atoms with E-state index < -0.39 is 0 Å². The number of nitrogens with two attached hydrogens (primary N) is 1. The van der Waals surface area contributed by atoms with E-state index in [4.69, 9.17) is 5.73 Å². The Kier molecular flexibility index (Phi) is 2.85. The third-order valence-electron chi connectivity index (χ3n) is 3.40. The Labute approximate surface area is 117 Å². The zero-order valence-electron chi connectivity index (χ0n) is 11.1. The molecule has 0 bridgehead atoms. The molecule has 3 rings (SSSR count). The van der Waals surface area contributed by atoms with Gasteiger partial charge in [0.1, 0.15) is 6.07 Å². The Morgan fingerprint density at radius 2 is 1.90 bits per heavy atom. The highest BCUT2D eigenvalue weighted by molar-refractivity contribution is 5.85. The Hall–Kier alpha value is -2.86. The maximum atomic E-state index is 9.34. The molecular formula is C17H13N3. The van der Waals surface area contributed by atoms with Crippen LogP contribution in [0.2, 0.25) is 0 Å². The second-order valence-corrected chi connectivity index (χ2v) is 4.76. The third-order valence-corrected chi connectivity index (χ3v) is 3.40. The molecular weight excluding hydrogens is 246 g/mol. The van der Waals surface area contributed by atoms with Gasteiger partial charge in [0.15, 0.2) is 0 Å². The van der Waals surface area contributed by atoms with Crippen molar-refractivity contribution in [2.24, 2.45) is 0 Å². The molecule has 0 aliphatic carbocycles. The quantitative estimate of drug-likeness (QED) is 0.678. The predicted molar refractivity (Wildman–Crippen MR) is 81.0 cm³/mol. The summed E-state index contributed by atoms with van der Waals surface area (Å²) in [6, 6.07) is 17.6. The lowest BCUT2D eigenvalue weighted by Gasteiger charge is -2.08. The molecule has 3 aromatic rings. The summed E-state index contributed by atoms with van der Waals surface area (Å²) < 4.78 is 0. The van der Waals surface area contributed by atoms with Gasteiger partial charge in [-0.3, -0.25) is 0 Å². The van der Waals surface area contributed by atoms with Gasteiger partial charge in [-0.1, -0.05) is 30.3 Å². The van der Waals surface area contributed by atoms with Crippen LogP contribution in [0, 0.1) is 18.3 Å². The lowest BCUT2D eigenvalue weighted by Crippen LogP contribution is -1.94. The number of hydrogen-bond donors (Lipinski definition) is 1. The van der Waals surface area contributed by atoms with Crippen molar-refractivity contribution in [3.63, 3.8) is 0 Å². The van der Waals surface area contributed by atoms with Crippen LogP contribution in [0.15, 0.2) is 48.5 Å². The molecule has 1 aromatic heterocycles. The average Bonchev–Trinajstić information content (AvgIpc) is 2.48. The van der Waals surface area contributed by atoms with Gasteiger partial charge in [0.2, 0.25) is 0 Å². The molecule has 2 aromatic carbocycles. The van der Waals surface area contributed by atoms with E-state index in [1.165, 1.54) is 0 Å². The molecule has 0 spiro atoms. The average molecular weight is 259 g/mol. The topological polar surface area (TPSA) is 62.7 Å². The van der Waals surface area contributed by atoms with Crippen LogP contribution >= 0.6 is 0 Å². The summed E-state index contributed by atoms with van der Waals surface area (Å²) in [7, 11) is 0. The maximum absolute atomic E-state index is 9.34. The molecule has 0 radical (unpaired) electrons. The van der Waals surface area contributed by atoms with E-state index in [0.717, 1.165) is 22.0 Å². The maximum Gasteiger partial charge on any atom is 0.101 e. The van der Waals surface area contributed by atoms with Crippen LogP contribution < -0.4 is 5.73 Å². The molecule has 0 amide bonds. The number of fused-ring (bicyclic) bond motifs is 1.